The van der Waals surface area contributed by atoms with Crippen molar-refractivity contribution < 1.29 is 18.9 Å². The number of nitrogens with zero attached hydrogens (tertiary/aromatic N) is 2. The molecular formula is C20H27BN2O4. The third-order valence-corrected chi connectivity index (χ3v) is 6.37. The van der Waals surface area contributed by atoms with Crippen LogP contribution in [0.2, 0.25) is 0 Å². The molecule has 1 unspecified atom stereocenters. The molecule has 0 aromatic heterocycles. The van der Waals surface area contributed by atoms with E-state index in [1.54, 1.807) is 9.80 Å². The summed E-state index contributed by atoms with van der Waals surface area (Å²) >= 11 is 0. The van der Waals surface area contributed by atoms with Gasteiger partial charge in [-0.15, -0.1) is 0 Å². The number of piperazine rings is 1. The van der Waals surface area contributed by atoms with Crippen LogP contribution in [0.5, 0.6) is 0 Å². The minimum Gasteiger partial charge on any atom is -0.399 e. The lowest BCUT2D eigenvalue weighted by atomic mass is 9.79. The molecular weight excluding hydrogens is 343 g/mol. The number of hydrogen-bond donors (Lipinski definition) is 0. The van der Waals surface area contributed by atoms with Gasteiger partial charge in [0, 0.05) is 13.1 Å². The third kappa shape index (κ3) is 3.17. The molecule has 0 bridgehead atoms. The highest BCUT2D eigenvalue weighted by Gasteiger charge is 2.51. The minimum absolute atomic E-state index is 0.0611. The van der Waals surface area contributed by atoms with Gasteiger partial charge in [-0.3, -0.25) is 9.59 Å². The Morgan fingerprint density at radius 3 is 2.33 bits per heavy atom. The zero-order valence-corrected chi connectivity index (χ0v) is 16.5. The van der Waals surface area contributed by atoms with Crippen LogP contribution in [-0.4, -0.2) is 59.1 Å². The maximum Gasteiger partial charge on any atom is 0.494 e. The smallest absolute Gasteiger partial charge is 0.399 e. The largest absolute Gasteiger partial charge is 0.494 e. The van der Waals surface area contributed by atoms with Gasteiger partial charge in [0.1, 0.15) is 12.6 Å². The second-order valence-electron chi connectivity index (χ2n) is 8.77. The highest BCUT2D eigenvalue weighted by atomic mass is 16.7. The van der Waals surface area contributed by atoms with Crippen molar-refractivity contribution >= 4 is 24.4 Å². The van der Waals surface area contributed by atoms with Gasteiger partial charge >= 0.3 is 7.12 Å². The van der Waals surface area contributed by atoms with E-state index in [0.717, 1.165) is 23.9 Å². The van der Waals surface area contributed by atoms with Crippen molar-refractivity contribution in [2.24, 2.45) is 0 Å². The van der Waals surface area contributed by atoms with Crippen molar-refractivity contribution in [1.82, 2.24) is 9.80 Å². The molecule has 2 amide bonds. The van der Waals surface area contributed by atoms with Crippen molar-refractivity contribution in [2.45, 2.75) is 64.3 Å². The van der Waals surface area contributed by atoms with E-state index in [-0.39, 0.29) is 35.6 Å². The van der Waals surface area contributed by atoms with Gasteiger partial charge in [0.25, 0.3) is 0 Å². The second-order valence-corrected chi connectivity index (χ2v) is 8.77. The Morgan fingerprint density at radius 2 is 1.70 bits per heavy atom. The molecule has 0 radical (unpaired) electrons. The summed E-state index contributed by atoms with van der Waals surface area (Å²) in [6.45, 7) is 9.48. The molecule has 3 heterocycles. The lowest BCUT2D eigenvalue weighted by Crippen LogP contribution is -2.56. The summed E-state index contributed by atoms with van der Waals surface area (Å²) < 4.78 is 12.2. The Hall–Kier alpha value is -1.86. The van der Waals surface area contributed by atoms with Crippen LogP contribution in [0.1, 0.15) is 46.1 Å². The summed E-state index contributed by atoms with van der Waals surface area (Å²) in [6, 6.07) is 7.68. The SMILES string of the molecule is CC1(C)OB(c2ccc(CN3CC(=O)N4CCCC4C3=O)cc2)OC1(C)C. The summed E-state index contributed by atoms with van der Waals surface area (Å²) in [5, 5.41) is 0. The third-order valence-electron chi connectivity index (χ3n) is 6.37. The van der Waals surface area contributed by atoms with Crippen LogP contribution in [-0.2, 0) is 25.4 Å². The Kier molecular flexibility index (Phi) is 4.35. The van der Waals surface area contributed by atoms with Crippen molar-refractivity contribution in [3.63, 3.8) is 0 Å². The summed E-state index contributed by atoms with van der Waals surface area (Å²) in [5.74, 6) is 0.132. The standard InChI is InChI=1S/C20H27BN2O4/c1-19(2)20(3,4)27-21(26-19)15-9-7-14(8-10-15)12-22-13-17(24)23-11-5-6-16(23)18(22)25/h7-10,16H,5-6,11-13H2,1-4H3. The predicted octanol–water partition coefficient (Wildman–Crippen LogP) is 1.32. The first-order valence-electron chi connectivity index (χ1n) is 9.71. The Balaban J connectivity index is 1.44. The molecule has 1 atom stereocenters. The van der Waals surface area contributed by atoms with E-state index < -0.39 is 7.12 Å². The first-order valence-corrected chi connectivity index (χ1v) is 9.71. The average molecular weight is 370 g/mol. The van der Waals surface area contributed by atoms with Gasteiger partial charge in [0.2, 0.25) is 11.8 Å². The number of amides is 2. The molecule has 3 aliphatic heterocycles. The van der Waals surface area contributed by atoms with Gasteiger partial charge in [-0.2, -0.15) is 0 Å². The molecule has 4 rings (SSSR count). The number of carbonyl (C=O) groups is 2. The van der Waals surface area contributed by atoms with Crippen LogP contribution in [0.25, 0.3) is 0 Å². The van der Waals surface area contributed by atoms with Crippen molar-refractivity contribution in [2.75, 3.05) is 13.1 Å². The van der Waals surface area contributed by atoms with E-state index in [9.17, 15) is 9.59 Å². The van der Waals surface area contributed by atoms with Crippen LogP contribution in [0, 0.1) is 0 Å². The average Bonchev–Trinajstić information content (AvgIpc) is 3.16. The molecule has 0 N–H and O–H groups in total. The number of hydrogen-bond acceptors (Lipinski definition) is 4. The topological polar surface area (TPSA) is 59.1 Å². The molecule has 7 heteroatoms. The maximum absolute atomic E-state index is 12.7. The first kappa shape index (κ1) is 18.5. The highest BCUT2D eigenvalue weighted by molar-refractivity contribution is 6.62. The lowest BCUT2D eigenvalue weighted by molar-refractivity contribution is -0.154. The fraction of sp³-hybridized carbons (Fsp3) is 0.600. The Bertz CT molecular complexity index is 746. The van der Waals surface area contributed by atoms with Crippen LogP contribution >= 0.6 is 0 Å². The minimum atomic E-state index is -0.394. The van der Waals surface area contributed by atoms with Gasteiger partial charge < -0.3 is 19.1 Å². The van der Waals surface area contributed by atoms with Gasteiger partial charge in [0.05, 0.1) is 11.2 Å². The van der Waals surface area contributed by atoms with E-state index in [1.807, 2.05) is 52.0 Å². The zero-order valence-electron chi connectivity index (χ0n) is 16.5. The highest BCUT2D eigenvalue weighted by Crippen LogP contribution is 2.36. The summed E-state index contributed by atoms with van der Waals surface area (Å²) in [4.78, 5) is 28.4. The Morgan fingerprint density at radius 1 is 1.07 bits per heavy atom. The van der Waals surface area contributed by atoms with E-state index in [4.69, 9.17) is 9.31 Å². The molecule has 3 aliphatic rings. The van der Waals surface area contributed by atoms with Crippen LogP contribution in [0.4, 0.5) is 0 Å². The quantitative estimate of drug-likeness (QED) is 0.753. The molecule has 0 saturated carbocycles. The van der Waals surface area contributed by atoms with E-state index in [0.29, 0.717) is 13.1 Å². The second kappa shape index (κ2) is 6.35. The van der Waals surface area contributed by atoms with E-state index in [2.05, 4.69) is 0 Å². The maximum atomic E-state index is 12.7. The van der Waals surface area contributed by atoms with E-state index in [1.165, 1.54) is 0 Å². The first-order chi connectivity index (χ1) is 12.7. The number of benzene rings is 1. The molecule has 144 valence electrons. The zero-order chi connectivity index (χ0) is 19.4. The van der Waals surface area contributed by atoms with E-state index >= 15 is 0 Å². The molecule has 1 aromatic rings. The summed E-state index contributed by atoms with van der Waals surface area (Å²) in [5.41, 5.74) is 1.22. The summed E-state index contributed by atoms with van der Waals surface area (Å²) in [7, 11) is -0.394. The van der Waals surface area contributed by atoms with Gasteiger partial charge in [-0.05, 0) is 51.6 Å². The Labute approximate surface area is 160 Å². The van der Waals surface area contributed by atoms with Crippen molar-refractivity contribution in [3.8, 4) is 0 Å². The van der Waals surface area contributed by atoms with Crippen molar-refractivity contribution in [1.29, 1.82) is 0 Å². The molecule has 3 saturated heterocycles. The van der Waals surface area contributed by atoms with Gasteiger partial charge in [0.15, 0.2) is 0 Å². The van der Waals surface area contributed by atoms with Gasteiger partial charge in [-0.1, -0.05) is 24.3 Å². The predicted molar refractivity (Wildman–Crippen MR) is 102 cm³/mol. The number of carbonyl (C=O) groups excluding carboxylic acids is 2. The fourth-order valence-electron chi connectivity index (χ4n) is 3.98. The molecule has 0 spiro atoms. The lowest BCUT2D eigenvalue weighted by Gasteiger charge is -2.36. The fourth-order valence-corrected chi connectivity index (χ4v) is 3.98. The van der Waals surface area contributed by atoms with Crippen LogP contribution in [0.3, 0.4) is 0 Å². The molecule has 3 fully saturated rings. The monoisotopic (exact) mass is 370 g/mol. The van der Waals surface area contributed by atoms with Crippen LogP contribution in [0.15, 0.2) is 24.3 Å². The van der Waals surface area contributed by atoms with Crippen molar-refractivity contribution in [3.05, 3.63) is 29.8 Å². The molecule has 1 aromatic carbocycles. The molecule has 27 heavy (non-hydrogen) atoms. The molecule has 6 nitrogen and oxygen atoms in total. The number of rotatable bonds is 3. The summed E-state index contributed by atoms with van der Waals surface area (Å²) in [6.07, 6.45) is 1.70. The molecule has 0 aliphatic carbocycles. The van der Waals surface area contributed by atoms with Crippen LogP contribution < -0.4 is 5.46 Å². The number of fused-ring (bicyclic) bond motifs is 1. The normalized spacial score (nSPS) is 26.7. The van der Waals surface area contributed by atoms with Gasteiger partial charge in [-0.25, -0.2) is 0 Å².